The monoisotopic (exact) mass is 389 g/mol. The molecule has 1 heterocycles. The third kappa shape index (κ3) is 3.90. The number of hydrogen-bond acceptors (Lipinski definition) is 7. The summed E-state index contributed by atoms with van der Waals surface area (Å²) in [6.45, 7) is 3.78. The van der Waals surface area contributed by atoms with Crippen molar-refractivity contribution in [3.05, 3.63) is 12.1 Å². The Morgan fingerprint density at radius 1 is 1.07 bits per heavy atom. The summed E-state index contributed by atoms with van der Waals surface area (Å²) in [5, 5.41) is 4.35. The lowest BCUT2D eigenvalue weighted by Gasteiger charge is -2.14. The summed E-state index contributed by atoms with van der Waals surface area (Å²) < 4.78 is 23.2. The third-order valence-corrected chi connectivity index (χ3v) is 4.76. The highest BCUT2D eigenvalue weighted by molar-refractivity contribution is 5.85. The molecule has 0 saturated heterocycles. The maximum absolute atomic E-state index is 13.1. The zero-order chi connectivity index (χ0) is 20.3. The Labute approximate surface area is 164 Å². The molecule has 0 bridgehead atoms. The van der Waals surface area contributed by atoms with Crippen LogP contribution in [0.3, 0.4) is 0 Å². The molecule has 0 atom stereocenters. The molecule has 1 aliphatic carbocycles. The quantitative estimate of drug-likeness (QED) is 0.715. The van der Waals surface area contributed by atoms with E-state index in [4.69, 9.17) is 18.9 Å². The Balaban J connectivity index is 2.11. The molecule has 1 aromatic carbocycles. The molecular formula is C20H27N3O5. The smallest absolute Gasteiger partial charge is 0.336 e. The van der Waals surface area contributed by atoms with Crippen molar-refractivity contribution in [3.63, 3.8) is 0 Å². The van der Waals surface area contributed by atoms with Gasteiger partial charge in [0.1, 0.15) is 0 Å². The predicted molar refractivity (Wildman–Crippen MR) is 103 cm³/mol. The van der Waals surface area contributed by atoms with E-state index in [0.29, 0.717) is 28.6 Å². The van der Waals surface area contributed by atoms with Crippen LogP contribution in [0.2, 0.25) is 0 Å². The van der Waals surface area contributed by atoms with E-state index < -0.39 is 0 Å². The van der Waals surface area contributed by atoms with Gasteiger partial charge >= 0.3 is 6.01 Å². The zero-order valence-electron chi connectivity index (χ0n) is 17.0. The summed E-state index contributed by atoms with van der Waals surface area (Å²) >= 11 is 0. The largest absolute Gasteiger partial charge is 0.493 e. The van der Waals surface area contributed by atoms with Crippen LogP contribution >= 0.6 is 0 Å². The van der Waals surface area contributed by atoms with Gasteiger partial charge in [-0.05, 0) is 38.8 Å². The average molecular weight is 389 g/mol. The van der Waals surface area contributed by atoms with Crippen LogP contribution in [0.5, 0.6) is 23.3 Å². The molecule has 0 amide bonds. The SMILES string of the molecule is COc1cc(-c2nc(OC(C)C)nn2C(=O)C2CCCC2)cc(OC)c1OC. The number of ether oxygens (including phenoxy) is 4. The van der Waals surface area contributed by atoms with Crippen molar-refractivity contribution in [1.82, 2.24) is 14.8 Å². The highest BCUT2D eigenvalue weighted by Crippen LogP contribution is 2.41. The number of hydrogen-bond donors (Lipinski definition) is 0. The molecule has 0 radical (unpaired) electrons. The summed E-state index contributed by atoms with van der Waals surface area (Å²) in [7, 11) is 4.63. The van der Waals surface area contributed by atoms with Crippen LogP contribution in [0, 0.1) is 5.92 Å². The van der Waals surface area contributed by atoms with E-state index in [0.717, 1.165) is 25.7 Å². The number of aromatic nitrogens is 3. The van der Waals surface area contributed by atoms with E-state index in [2.05, 4.69) is 10.1 Å². The Kier molecular flexibility index (Phi) is 6.06. The molecule has 152 valence electrons. The lowest BCUT2D eigenvalue weighted by molar-refractivity contribution is 0.0818. The minimum absolute atomic E-state index is 0.0469. The van der Waals surface area contributed by atoms with E-state index >= 15 is 0 Å². The first-order chi connectivity index (χ1) is 13.5. The highest BCUT2D eigenvalue weighted by Gasteiger charge is 2.29. The molecule has 28 heavy (non-hydrogen) atoms. The van der Waals surface area contributed by atoms with Crippen LogP contribution in [0.15, 0.2) is 12.1 Å². The van der Waals surface area contributed by atoms with Crippen LogP contribution in [0.25, 0.3) is 11.4 Å². The normalized spacial score (nSPS) is 14.4. The van der Waals surface area contributed by atoms with Gasteiger partial charge in [0.2, 0.25) is 5.75 Å². The molecule has 0 spiro atoms. The number of benzene rings is 1. The van der Waals surface area contributed by atoms with Gasteiger partial charge in [-0.3, -0.25) is 4.79 Å². The molecule has 0 N–H and O–H groups in total. The zero-order valence-corrected chi connectivity index (χ0v) is 17.0. The number of methoxy groups -OCH3 is 3. The summed E-state index contributed by atoms with van der Waals surface area (Å²) in [6.07, 6.45) is 3.74. The summed E-state index contributed by atoms with van der Waals surface area (Å²) in [6, 6.07) is 3.68. The fourth-order valence-corrected chi connectivity index (χ4v) is 3.45. The summed E-state index contributed by atoms with van der Waals surface area (Å²) in [4.78, 5) is 17.6. The summed E-state index contributed by atoms with van der Waals surface area (Å²) in [5.41, 5.74) is 0.631. The number of rotatable bonds is 7. The minimum atomic E-state index is -0.106. The fraction of sp³-hybridized carbons (Fsp3) is 0.550. The molecule has 1 aliphatic rings. The fourth-order valence-electron chi connectivity index (χ4n) is 3.45. The van der Waals surface area contributed by atoms with Gasteiger partial charge in [0.25, 0.3) is 5.91 Å². The van der Waals surface area contributed by atoms with E-state index in [1.807, 2.05) is 13.8 Å². The average Bonchev–Trinajstić information content (AvgIpc) is 3.35. The third-order valence-electron chi connectivity index (χ3n) is 4.76. The Bertz CT molecular complexity index is 815. The van der Waals surface area contributed by atoms with E-state index in [-0.39, 0.29) is 23.9 Å². The Morgan fingerprint density at radius 2 is 1.68 bits per heavy atom. The van der Waals surface area contributed by atoms with Gasteiger partial charge in [0, 0.05) is 11.5 Å². The van der Waals surface area contributed by atoms with E-state index in [1.54, 1.807) is 33.5 Å². The number of carbonyl (C=O) groups excluding carboxylic acids is 1. The molecule has 2 aromatic rings. The molecule has 8 heteroatoms. The van der Waals surface area contributed by atoms with Crippen molar-refractivity contribution < 1.29 is 23.7 Å². The topological polar surface area (TPSA) is 84.7 Å². The second-order valence-corrected chi connectivity index (χ2v) is 7.03. The maximum Gasteiger partial charge on any atom is 0.336 e. The van der Waals surface area contributed by atoms with Crippen molar-refractivity contribution >= 4 is 5.91 Å². The van der Waals surface area contributed by atoms with E-state index in [9.17, 15) is 4.79 Å². The van der Waals surface area contributed by atoms with Crippen LogP contribution in [0.1, 0.15) is 44.3 Å². The van der Waals surface area contributed by atoms with Gasteiger partial charge in [-0.1, -0.05) is 12.8 Å². The molecule has 3 rings (SSSR count). The second kappa shape index (κ2) is 8.50. The Morgan fingerprint density at radius 3 is 2.18 bits per heavy atom. The number of carbonyl (C=O) groups is 1. The molecule has 0 aliphatic heterocycles. The van der Waals surface area contributed by atoms with Crippen molar-refractivity contribution in [2.75, 3.05) is 21.3 Å². The molecule has 1 saturated carbocycles. The predicted octanol–water partition coefficient (Wildman–Crippen LogP) is 3.59. The maximum atomic E-state index is 13.1. The van der Waals surface area contributed by atoms with Crippen molar-refractivity contribution in [3.8, 4) is 34.6 Å². The molecule has 8 nitrogen and oxygen atoms in total. The first kappa shape index (κ1) is 20.0. The molecule has 1 fully saturated rings. The minimum Gasteiger partial charge on any atom is -0.493 e. The first-order valence-electron chi connectivity index (χ1n) is 9.46. The highest BCUT2D eigenvalue weighted by atomic mass is 16.5. The van der Waals surface area contributed by atoms with Crippen LogP contribution in [0.4, 0.5) is 0 Å². The van der Waals surface area contributed by atoms with Crippen LogP contribution in [-0.4, -0.2) is 48.1 Å². The first-order valence-corrected chi connectivity index (χ1v) is 9.46. The van der Waals surface area contributed by atoms with Crippen molar-refractivity contribution in [1.29, 1.82) is 0 Å². The van der Waals surface area contributed by atoms with Gasteiger partial charge in [-0.25, -0.2) is 0 Å². The lowest BCUT2D eigenvalue weighted by Crippen LogP contribution is -2.22. The van der Waals surface area contributed by atoms with Crippen LogP contribution in [-0.2, 0) is 0 Å². The van der Waals surface area contributed by atoms with Crippen LogP contribution < -0.4 is 18.9 Å². The standard InChI is InChI=1S/C20H27N3O5/c1-12(2)28-20-21-18(23(22-20)19(24)13-8-6-7-9-13)14-10-15(25-3)17(27-5)16(11-14)26-4/h10-13H,6-9H2,1-5H3. The molecule has 1 aromatic heterocycles. The lowest BCUT2D eigenvalue weighted by atomic mass is 10.1. The Hall–Kier alpha value is -2.77. The molecule has 0 unspecified atom stereocenters. The van der Waals surface area contributed by atoms with Gasteiger partial charge in [-0.15, -0.1) is 5.10 Å². The second-order valence-electron chi connectivity index (χ2n) is 7.03. The van der Waals surface area contributed by atoms with Crippen molar-refractivity contribution in [2.24, 2.45) is 5.92 Å². The van der Waals surface area contributed by atoms with Gasteiger partial charge in [0.05, 0.1) is 27.4 Å². The van der Waals surface area contributed by atoms with Gasteiger partial charge in [0.15, 0.2) is 17.3 Å². The number of nitrogens with zero attached hydrogens (tertiary/aromatic N) is 3. The van der Waals surface area contributed by atoms with Gasteiger partial charge in [-0.2, -0.15) is 9.67 Å². The molecular weight excluding hydrogens is 362 g/mol. The van der Waals surface area contributed by atoms with E-state index in [1.165, 1.54) is 4.68 Å². The summed E-state index contributed by atoms with van der Waals surface area (Å²) in [5.74, 6) is 1.71. The van der Waals surface area contributed by atoms with Crippen molar-refractivity contribution in [2.45, 2.75) is 45.6 Å². The van der Waals surface area contributed by atoms with Gasteiger partial charge < -0.3 is 18.9 Å².